The standard InChI is InChI=1S/C12H15BrN4O2S2/c1-3-17(4-2)11-7-6-10(14-15-11)16-21(18,19)12-8-5-9(13)20-12/h5-8H,3-4H2,1-2H3,(H,14,16). The summed E-state index contributed by atoms with van der Waals surface area (Å²) < 4.78 is 27.7. The van der Waals surface area contributed by atoms with Crippen molar-refractivity contribution in [2.75, 3.05) is 22.7 Å². The van der Waals surface area contributed by atoms with Crippen molar-refractivity contribution in [3.05, 3.63) is 28.1 Å². The summed E-state index contributed by atoms with van der Waals surface area (Å²) in [5.74, 6) is 0.928. The van der Waals surface area contributed by atoms with E-state index in [1.54, 1.807) is 18.2 Å². The van der Waals surface area contributed by atoms with E-state index >= 15 is 0 Å². The van der Waals surface area contributed by atoms with Crippen LogP contribution in [0.4, 0.5) is 11.6 Å². The average Bonchev–Trinajstić information content (AvgIpc) is 2.89. The molecule has 2 aromatic rings. The first-order valence-corrected chi connectivity index (χ1v) is 9.42. The van der Waals surface area contributed by atoms with Gasteiger partial charge in [0.2, 0.25) is 0 Å². The molecule has 2 aromatic heterocycles. The van der Waals surface area contributed by atoms with Crippen molar-refractivity contribution in [2.24, 2.45) is 0 Å². The van der Waals surface area contributed by atoms with E-state index in [4.69, 9.17) is 0 Å². The fraction of sp³-hybridized carbons (Fsp3) is 0.333. The Hall–Kier alpha value is -1.19. The summed E-state index contributed by atoms with van der Waals surface area (Å²) in [4.78, 5) is 2.03. The van der Waals surface area contributed by atoms with Gasteiger partial charge in [-0.15, -0.1) is 21.5 Å². The molecule has 0 fully saturated rings. The Balaban J connectivity index is 2.17. The molecule has 0 saturated heterocycles. The number of hydrogen-bond donors (Lipinski definition) is 1. The quantitative estimate of drug-likeness (QED) is 0.820. The van der Waals surface area contributed by atoms with Crippen molar-refractivity contribution in [3.8, 4) is 0 Å². The predicted octanol–water partition coefficient (Wildman–Crippen LogP) is 2.95. The first-order chi connectivity index (χ1) is 9.96. The van der Waals surface area contributed by atoms with Crippen molar-refractivity contribution >= 4 is 48.9 Å². The molecule has 0 radical (unpaired) electrons. The van der Waals surface area contributed by atoms with Gasteiger partial charge in [0.05, 0.1) is 3.79 Å². The summed E-state index contributed by atoms with van der Waals surface area (Å²) in [6.07, 6.45) is 0. The number of anilines is 2. The highest BCUT2D eigenvalue weighted by Crippen LogP contribution is 2.27. The lowest BCUT2D eigenvalue weighted by Gasteiger charge is -2.18. The predicted molar refractivity (Wildman–Crippen MR) is 88.4 cm³/mol. The van der Waals surface area contributed by atoms with Crippen LogP contribution in [0, 0.1) is 0 Å². The van der Waals surface area contributed by atoms with E-state index < -0.39 is 10.0 Å². The molecule has 0 aliphatic carbocycles. The van der Waals surface area contributed by atoms with Crippen LogP contribution in [0.15, 0.2) is 32.3 Å². The second kappa shape index (κ2) is 6.71. The van der Waals surface area contributed by atoms with E-state index in [2.05, 4.69) is 30.8 Å². The van der Waals surface area contributed by atoms with Crippen molar-refractivity contribution in [1.82, 2.24) is 10.2 Å². The summed E-state index contributed by atoms with van der Waals surface area (Å²) in [5, 5.41) is 7.97. The molecule has 1 N–H and O–H groups in total. The van der Waals surface area contributed by atoms with E-state index in [1.807, 2.05) is 18.7 Å². The number of hydrogen-bond acceptors (Lipinski definition) is 6. The Morgan fingerprint density at radius 2 is 1.90 bits per heavy atom. The number of sulfonamides is 1. The molecule has 0 spiro atoms. The zero-order valence-corrected chi connectivity index (χ0v) is 14.8. The SMILES string of the molecule is CCN(CC)c1ccc(NS(=O)(=O)c2ccc(Br)s2)nn1. The van der Waals surface area contributed by atoms with Crippen LogP contribution in [0.1, 0.15) is 13.8 Å². The first-order valence-electron chi connectivity index (χ1n) is 6.33. The molecule has 0 aliphatic rings. The molecule has 0 unspecified atom stereocenters. The number of halogens is 1. The maximum Gasteiger partial charge on any atom is 0.272 e. The van der Waals surface area contributed by atoms with E-state index in [0.717, 1.165) is 34.0 Å². The molecule has 0 atom stereocenters. The van der Waals surface area contributed by atoms with E-state index in [9.17, 15) is 8.42 Å². The van der Waals surface area contributed by atoms with Gasteiger partial charge in [-0.2, -0.15) is 0 Å². The molecule has 0 amide bonds. The second-order valence-electron chi connectivity index (χ2n) is 4.11. The smallest absolute Gasteiger partial charge is 0.272 e. The molecule has 6 nitrogen and oxygen atoms in total. The van der Waals surface area contributed by atoms with Crippen molar-refractivity contribution in [1.29, 1.82) is 0 Å². The van der Waals surface area contributed by atoms with Gasteiger partial charge >= 0.3 is 0 Å². The molecule has 21 heavy (non-hydrogen) atoms. The van der Waals surface area contributed by atoms with Gasteiger partial charge in [0.25, 0.3) is 10.0 Å². The van der Waals surface area contributed by atoms with Gasteiger partial charge in [-0.25, -0.2) is 8.42 Å². The molecule has 114 valence electrons. The Morgan fingerprint density at radius 1 is 1.19 bits per heavy atom. The largest absolute Gasteiger partial charge is 0.356 e. The zero-order chi connectivity index (χ0) is 15.5. The monoisotopic (exact) mass is 390 g/mol. The van der Waals surface area contributed by atoms with Crippen LogP contribution >= 0.6 is 27.3 Å². The van der Waals surface area contributed by atoms with Crippen LogP contribution in [0.25, 0.3) is 0 Å². The van der Waals surface area contributed by atoms with Crippen molar-refractivity contribution in [2.45, 2.75) is 18.1 Å². The molecule has 0 aromatic carbocycles. The number of nitrogens with zero attached hydrogens (tertiary/aromatic N) is 3. The topological polar surface area (TPSA) is 75.2 Å². The third-order valence-electron chi connectivity index (χ3n) is 2.79. The molecule has 0 aliphatic heterocycles. The highest BCUT2D eigenvalue weighted by atomic mass is 79.9. The highest BCUT2D eigenvalue weighted by Gasteiger charge is 2.17. The second-order valence-corrected chi connectivity index (χ2v) is 8.49. The lowest BCUT2D eigenvalue weighted by atomic mass is 10.4. The van der Waals surface area contributed by atoms with Crippen molar-refractivity contribution < 1.29 is 8.42 Å². The molecule has 2 heterocycles. The van der Waals surface area contributed by atoms with Crippen LogP contribution < -0.4 is 9.62 Å². The van der Waals surface area contributed by atoms with Crippen LogP contribution in [0.2, 0.25) is 0 Å². The Kier molecular flexibility index (Phi) is 5.17. The summed E-state index contributed by atoms with van der Waals surface area (Å²) in [6, 6.07) is 6.59. The fourth-order valence-corrected chi connectivity index (χ4v) is 4.73. The summed E-state index contributed by atoms with van der Waals surface area (Å²) in [7, 11) is -3.61. The summed E-state index contributed by atoms with van der Waals surface area (Å²) in [6.45, 7) is 5.69. The van der Waals surface area contributed by atoms with Gasteiger partial charge < -0.3 is 4.90 Å². The Morgan fingerprint density at radius 3 is 2.38 bits per heavy atom. The third kappa shape index (κ3) is 3.92. The summed E-state index contributed by atoms with van der Waals surface area (Å²) >= 11 is 4.38. The Labute approximate surface area is 136 Å². The van der Waals surface area contributed by atoms with Crippen LogP contribution in [-0.2, 0) is 10.0 Å². The average molecular weight is 391 g/mol. The minimum Gasteiger partial charge on any atom is -0.356 e. The number of rotatable bonds is 6. The number of thiophene rings is 1. The van der Waals surface area contributed by atoms with Gasteiger partial charge in [-0.3, -0.25) is 4.72 Å². The van der Waals surface area contributed by atoms with E-state index in [0.29, 0.717) is 0 Å². The van der Waals surface area contributed by atoms with Gasteiger partial charge in [0, 0.05) is 13.1 Å². The highest BCUT2D eigenvalue weighted by molar-refractivity contribution is 9.11. The first kappa shape index (κ1) is 16.2. The molecular formula is C12H15BrN4O2S2. The minimum absolute atomic E-state index is 0.204. The third-order valence-corrected chi connectivity index (χ3v) is 6.26. The van der Waals surface area contributed by atoms with Gasteiger partial charge in [-0.1, -0.05) is 0 Å². The maximum atomic E-state index is 12.1. The Bertz CT molecular complexity index is 696. The van der Waals surface area contributed by atoms with Gasteiger partial charge in [0.1, 0.15) is 4.21 Å². The zero-order valence-electron chi connectivity index (χ0n) is 11.6. The van der Waals surface area contributed by atoms with E-state index in [-0.39, 0.29) is 10.0 Å². The molecule has 2 rings (SSSR count). The van der Waals surface area contributed by atoms with Crippen molar-refractivity contribution in [3.63, 3.8) is 0 Å². The van der Waals surface area contributed by atoms with Crippen LogP contribution in [0.3, 0.4) is 0 Å². The minimum atomic E-state index is -3.61. The fourth-order valence-electron chi connectivity index (χ4n) is 1.73. The van der Waals surface area contributed by atoms with Gasteiger partial charge in [0.15, 0.2) is 11.6 Å². The molecule has 0 saturated carbocycles. The normalized spacial score (nSPS) is 11.4. The molecule has 0 bridgehead atoms. The molecule has 9 heteroatoms. The van der Waals surface area contributed by atoms with E-state index in [1.165, 1.54) is 6.07 Å². The lowest BCUT2D eigenvalue weighted by molar-refractivity contribution is 0.603. The van der Waals surface area contributed by atoms with Crippen LogP contribution in [0.5, 0.6) is 0 Å². The van der Waals surface area contributed by atoms with Crippen LogP contribution in [-0.4, -0.2) is 31.7 Å². The number of aromatic nitrogens is 2. The number of nitrogens with one attached hydrogen (secondary N) is 1. The van der Waals surface area contributed by atoms with Gasteiger partial charge in [-0.05, 0) is 54.0 Å². The maximum absolute atomic E-state index is 12.1. The lowest BCUT2D eigenvalue weighted by Crippen LogP contribution is -2.23. The molecular weight excluding hydrogens is 376 g/mol. The summed E-state index contributed by atoms with van der Waals surface area (Å²) in [5.41, 5.74) is 0.